The van der Waals surface area contributed by atoms with Gasteiger partial charge in [0.2, 0.25) is 12.2 Å². The van der Waals surface area contributed by atoms with Crippen molar-refractivity contribution in [3.05, 3.63) is 47.9 Å². The van der Waals surface area contributed by atoms with Crippen molar-refractivity contribution in [2.45, 2.75) is 76.5 Å². The molecule has 2 atom stereocenters. The third-order valence-electron chi connectivity index (χ3n) is 7.05. The molecule has 1 aromatic heterocycles. The first kappa shape index (κ1) is 24.5. The van der Waals surface area contributed by atoms with E-state index in [1.165, 1.54) is 6.42 Å². The molecule has 1 N–H and O–H groups in total. The van der Waals surface area contributed by atoms with E-state index in [9.17, 15) is 9.59 Å². The molecule has 2 aliphatic rings. The van der Waals surface area contributed by atoms with E-state index >= 15 is 0 Å². The molecule has 0 bridgehead atoms. The van der Waals surface area contributed by atoms with Crippen LogP contribution in [0.2, 0.25) is 0 Å². The molecule has 0 spiro atoms. The molecular weight excluding hydrogens is 432 g/mol. The number of unbranched alkanes of at least 4 members (excludes halogenated alkanes) is 1. The number of benzene rings is 1. The van der Waals surface area contributed by atoms with Gasteiger partial charge in [0.15, 0.2) is 5.76 Å². The Morgan fingerprint density at radius 1 is 1.18 bits per heavy atom. The number of hydrogen-bond acceptors (Lipinski definition) is 5. The third-order valence-corrected chi connectivity index (χ3v) is 7.05. The van der Waals surface area contributed by atoms with Gasteiger partial charge in [-0.2, -0.15) is 0 Å². The van der Waals surface area contributed by atoms with E-state index < -0.39 is 6.29 Å². The van der Waals surface area contributed by atoms with Gasteiger partial charge in [-0.05, 0) is 43.4 Å². The summed E-state index contributed by atoms with van der Waals surface area (Å²) in [4.78, 5) is 27.6. The molecule has 184 valence electrons. The molecule has 34 heavy (non-hydrogen) atoms. The number of allylic oxidation sites excluding steroid dienone is 1. The van der Waals surface area contributed by atoms with E-state index in [1.807, 2.05) is 48.5 Å². The largest absolute Gasteiger partial charge is 0.459 e. The maximum absolute atomic E-state index is 13.5. The lowest BCUT2D eigenvalue weighted by atomic mass is 9.91. The standard InChI is InChI=1S/C27H36N2O5/c1-19(31)29-18-23(22-12-6-7-13-24(22)29)20-16-25(34-26(17-20)33-15-9-8-14-30)27(32)28(2)21-10-4-3-5-11-21/h6-7,12-13,16,18,20-21,26,30H,3-5,8-11,14-15,17H2,1-2H3/t20-,26+/m1/s1. The molecular formula is C27H36N2O5. The van der Waals surface area contributed by atoms with E-state index in [-0.39, 0.29) is 30.4 Å². The monoisotopic (exact) mass is 468 g/mol. The number of nitrogens with zero attached hydrogens (tertiary/aromatic N) is 2. The molecule has 1 fully saturated rings. The zero-order valence-corrected chi connectivity index (χ0v) is 20.2. The smallest absolute Gasteiger partial charge is 0.288 e. The van der Waals surface area contributed by atoms with Crippen LogP contribution in [0.15, 0.2) is 42.3 Å². The van der Waals surface area contributed by atoms with Gasteiger partial charge >= 0.3 is 0 Å². The van der Waals surface area contributed by atoms with E-state index in [4.69, 9.17) is 14.6 Å². The molecule has 4 rings (SSSR count). The number of amides is 1. The molecule has 1 aliphatic heterocycles. The average Bonchev–Trinajstić information content (AvgIpc) is 3.26. The predicted octanol–water partition coefficient (Wildman–Crippen LogP) is 4.60. The van der Waals surface area contributed by atoms with Crippen molar-refractivity contribution >= 4 is 22.7 Å². The van der Waals surface area contributed by atoms with Crippen molar-refractivity contribution in [1.82, 2.24) is 9.47 Å². The Balaban J connectivity index is 1.64. The highest BCUT2D eigenvalue weighted by Crippen LogP contribution is 2.37. The topological polar surface area (TPSA) is 81.0 Å². The number of para-hydroxylation sites is 1. The second-order valence-corrected chi connectivity index (χ2v) is 9.42. The number of aliphatic hydroxyl groups is 1. The van der Waals surface area contributed by atoms with Gasteiger partial charge in [-0.25, -0.2) is 0 Å². The number of aliphatic hydroxyl groups excluding tert-OH is 1. The van der Waals surface area contributed by atoms with Crippen LogP contribution in [0.4, 0.5) is 0 Å². The highest BCUT2D eigenvalue weighted by molar-refractivity contribution is 5.95. The molecule has 2 aromatic rings. The number of hydrogen-bond donors (Lipinski definition) is 1. The van der Waals surface area contributed by atoms with Crippen LogP contribution in [0.1, 0.15) is 74.6 Å². The van der Waals surface area contributed by atoms with Crippen molar-refractivity contribution in [2.24, 2.45) is 0 Å². The molecule has 1 saturated carbocycles. The van der Waals surface area contributed by atoms with Crippen molar-refractivity contribution < 1.29 is 24.2 Å². The first-order valence-corrected chi connectivity index (χ1v) is 12.5. The van der Waals surface area contributed by atoms with Gasteiger partial charge in [0.05, 0.1) is 12.1 Å². The second kappa shape index (κ2) is 11.2. The zero-order chi connectivity index (χ0) is 24.1. The summed E-state index contributed by atoms with van der Waals surface area (Å²) >= 11 is 0. The van der Waals surface area contributed by atoms with Crippen LogP contribution in [0, 0.1) is 0 Å². The van der Waals surface area contributed by atoms with Crippen LogP contribution in [-0.2, 0) is 14.3 Å². The van der Waals surface area contributed by atoms with Crippen LogP contribution < -0.4 is 0 Å². The predicted molar refractivity (Wildman–Crippen MR) is 130 cm³/mol. The molecule has 7 nitrogen and oxygen atoms in total. The number of aromatic nitrogens is 1. The fourth-order valence-corrected chi connectivity index (χ4v) is 5.13. The second-order valence-electron chi connectivity index (χ2n) is 9.42. The molecule has 1 aliphatic carbocycles. The van der Waals surface area contributed by atoms with Crippen molar-refractivity contribution in [3.8, 4) is 0 Å². The van der Waals surface area contributed by atoms with Gasteiger partial charge in [-0.15, -0.1) is 0 Å². The summed E-state index contributed by atoms with van der Waals surface area (Å²) in [5.74, 6) is 0.0245. The minimum atomic E-state index is -0.563. The van der Waals surface area contributed by atoms with Crippen LogP contribution in [0.3, 0.4) is 0 Å². The lowest BCUT2D eigenvalue weighted by Gasteiger charge is -2.34. The van der Waals surface area contributed by atoms with Gasteiger partial charge in [-0.3, -0.25) is 14.2 Å². The summed E-state index contributed by atoms with van der Waals surface area (Å²) in [6, 6.07) is 8.07. The minimum absolute atomic E-state index is 0.0522. The van der Waals surface area contributed by atoms with Crippen LogP contribution in [0.25, 0.3) is 10.9 Å². The number of fused-ring (bicyclic) bond motifs is 1. The first-order valence-electron chi connectivity index (χ1n) is 12.5. The Kier molecular flexibility index (Phi) is 8.06. The SMILES string of the molecule is CC(=O)n1cc([C@@H]2C=C(C(=O)N(C)C3CCCCC3)O[C@H](OCCCCO)C2)c2ccccc21. The Morgan fingerprint density at radius 2 is 1.94 bits per heavy atom. The summed E-state index contributed by atoms with van der Waals surface area (Å²) < 4.78 is 13.7. The van der Waals surface area contributed by atoms with Crippen molar-refractivity contribution in [1.29, 1.82) is 0 Å². The summed E-state index contributed by atoms with van der Waals surface area (Å²) in [6.07, 6.45) is 10.7. The summed E-state index contributed by atoms with van der Waals surface area (Å²) in [6.45, 7) is 2.13. The fraction of sp³-hybridized carbons (Fsp3) is 0.556. The highest BCUT2D eigenvalue weighted by atomic mass is 16.7. The number of carbonyl (C=O) groups excluding carboxylic acids is 2. The lowest BCUT2D eigenvalue weighted by molar-refractivity contribution is -0.153. The van der Waals surface area contributed by atoms with E-state index in [1.54, 1.807) is 11.5 Å². The summed E-state index contributed by atoms with van der Waals surface area (Å²) in [5.41, 5.74) is 1.85. The molecule has 1 amide bonds. The molecule has 1 aromatic carbocycles. The summed E-state index contributed by atoms with van der Waals surface area (Å²) in [7, 11) is 1.87. The van der Waals surface area contributed by atoms with E-state index in [2.05, 4.69) is 0 Å². The summed E-state index contributed by atoms with van der Waals surface area (Å²) in [5, 5.41) is 10.1. The van der Waals surface area contributed by atoms with Crippen LogP contribution in [-0.4, -0.2) is 59.0 Å². The minimum Gasteiger partial charge on any atom is -0.459 e. The Bertz CT molecular complexity index is 1040. The van der Waals surface area contributed by atoms with E-state index in [0.717, 1.165) is 48.6 Å². The van der Waals surface area contributed by atoms with Crippen LogP contribution in [0.5, 0.6) is 0 Å². The van der Waals surface area contributed by atoms with Gasteiger partial charge in [0.25, 0.3) is 5.91 Å². The Morgan fingerprint density at radius 3 is 2.68 bits per heavy atom. The highest BCUT2D eigenvalue weighted by Gasteiger charge is 2.33. The average molecular weight is 469 g/mol. The molecule has 0 unspecified atom stereocenters. The Labute approximate surface area is 201 Å². The fourth-order valence-electron chi connectivity index (χ4n) is 5.13. The number of rotatable bonds is 8. The van der Waals surface area contributed by atoms with Gasteiger partial charge in [0, 0.05) is 50.5 Å². The maximum atomic E-state index is 13.5. The van der Waals surface area contributed by atoms with Gasteiger partial charge in [0.1, 0.15) is 0 Å². The first-order chi connectivity index (χ1) is 16.5. The van der Waals surface area contributed by atoms with Gasteiger partial charge < -0.3 is 19.5 Å². The van der Waals surface area contributed by atoms with E-state index in [0.29, 0.717) is 25.2 Å². The van der Waals surface area contributed by atoms with Crippen LogP contribution >= 0.6 is 0 Å². The molecule has 7 heteroatoms. The number of carbonyl (C=O) groups is 2. The van der Waals surface area contributed by atoms with Gasteiger partial charge in [-0.1, -0.05) is 37.5 Å². The van der Waals surface area contributed by atoms with Crippen molar-refractivity contribution in [3.63, 3.8) is 0 Å². The van der Waals surface area contributed by atoms with Crippen molar-refractivity contribution in [2.75, 3.05) is 20.3 Å². The third kappa shape index (κ3) is 5.36. The molecule has 0 saturated heterocycles. The quantitative estimate of drug-likeness (QED) is 0.573. The maximum Gasteiger partial charge on any atom is 0.288 e. The molecule has 0 radical (unpaired) electrons. The zero-order valence-electron chi connectivity index (χ0n) is 20.2. The molecule has 2 heterocycles. The number of likely N-dealkylation sites (N-methyl/N-ethyl adjacent to an activating group) is 1. The normalized spacial score (nSPS) is 21.2. The lowest BCUT2D eigenvalue weighted by Crippen LogP contribution is -2.41. The Hall–Kier alpha value is -2.64. The number of ether oxygens (including phenoxy) is 2.